The Morgan fingerprint density at radius 2 is 2.05 bits per heavy atom. The van der Waals surface area contributed by atoms with Gasteiger partial charge in [-0.3, -0.25) is 9.59 Å². The summed E-state index contributed by atoms with van der Waals surface area (Å²) < 4.78 is 5.64. The van der Waals surface area contributed by atoms with Crippen LogP contribution in [0.2, 0.25) is 0 Å². The lowest BCUT2D eigenvalue weighted by Crippen LogP contribution is -2.48. The van der Waals surface area contributed by atoms with Gasteiger partial charge in [0.05, 0.1) is 24.3 Å². The molecule has 2 atom stereocenters. The van der Waals surface area contributed by atoms with Crippen molar-refractivity contribution in [2.24, 2.45) is 5.92 Å². The van der Waals surface area contributed by atoms with Gasteiger partial charge < -0.3 is 15.0 Å². The molecule has 1 N–H and O–H groups in total. The van der Waals surface area contributed by atoms with Gasteiger partial charge in [0.25, 0.3) is 0 Å². The number of hydrogen-bond donors (Lipinski definition) is 1. The third-order valence-electron chi connectivity index (χ3n) is 3.83. The molecule has 3 rings (SSSR count). The maximum absolute atomic E-state index is 12.4. The fourth-order valence-electron chi connectivity index (χ4n) is 2.65. The van der Waals surface area contributed by atoms with Gasteiger partial charge in [-0.25, -0.2) is 4.98 Å². The van der Waals surface area contributed by atoms with E-state index >= 15 is 0 Å². The number of rotatable bonds is 4. The van der Waals surface area contributed by atoms with E-state index in [-0.39, 0.29) is 36.4 Å². The number of aromatic nitrogens is 1. The number of thiazole rings is 1. The highest BCUT2D eigenvalue weighted by Gasteiger charge is 2.30. The zero-order chi connectivity index (χ0) is 15.7. The van der Waals surface area contributed by atoms with Crippen molar-refractivity contribution in [3.8, 4) is 0 Å². The minimum atomic E-state index is 0.0445. The van der Waals surface area contributed by atoms with Crippen LogP contribution in [0.15, 0.2) is 5.38 Å². The minimum Gasteiger partial charge on any atom is -0.372 e. The topological polar surface area (TPSA) is 71.5 Å². The second-order valence-electron chi connectivity index (χ2n) is 6.14. The number of amides is 2. The number of carbonyl (C=O) groups is 2. The van der Waals surface area contributed by atoms with E-state index in [1.807, 2.05) is 24.1 Å². The highest BCUT2D eigenvalue weighted by Crippen LogP contribution is 2.30. The molecule has 1 aliphatic heterocycles. The number of morpholine rings is 1. The van der Waals surface area contributed by atoms with Crippen molar-refractivity contribution in [3.05, 3.63) is 11.1 Å². The molecule has 120 valence electrons. The van der Waals surface area contributed by atoms with Gasteiger partial charge in [-0.2, -0.15) is 0 Å². The zero-order valence-electron chi connectivity index (χ0n) is 12.9. The van der Waals surface area contributed by atoms with Gasteiger partial charge in [0, 0.05) is 24.4 Å². The maximum atomic E-state index is 12.4. The molecule has 6 nitrogen and oxygen atoms in total. The molecule has 2 amide bonds. The second-order valence-corrected chi connectivity index (χ2v) is 7.00. The van der Waals surface area contributed by atoms with E-state index in [0.717, 1.165) is 12.8 Å². The third kappa shape index (κ3) is 3.84. The van der Waals surface area contributed by atoms with Crippen molar-refractivity contribution in [3.63, 3.8) is 0 Å². The first-order chi connectivity index (χ1) is 10.5. The average Bonchev–Trinajstić information content (AvgIpc) is 3.21. The molecule has 7 heteroatoms. The van der Waals surface area contributed by atoms with Crippen LogP contribution < -0.4 is 5.32 Å². The van der Waals surface area contributed by atoms with Crippen molar-refractivity contribution >= 4 is 28.3 Å². The average molecular weight is 323 g/mol. The van der Waals surface area contributed by atoms with E-state index in [2.05, 4.69) is 10.3 Å². The quantitative estimate of drug-likeness (QED) is 0.915. The summed E-state index contributed by atoms with van der Waals surface area (Å²) in [7, 11) is 0. The van der Waals surface area contributed by atoms with Gasteiger partial charge in [0.2, 0.25) is 11.8 Å². The van der Waals surface area contributed by atoms with Crippen LogP contribution in [-0.2, 0) is 20.7 Å². The van der Waals surface area contributed by atoms with Gasteiger partial charge in [0.15, 0.2) is 5.13 Å². The Kier molecular flexibility index (Phi) is 4.44. The van der Waals surface area contributed by atoms with Crippen LogP contribution in [0.4, 0.5) is 5.13 Å². The van der Waals surface area contributed by atoms with Crippen LogP contribution >= 0.6 is 11.3 Å². The predicted octanol–water partition coefficient (Wildman–Crippen LogP) is 1.67. The van der Waals surface area contributed by atoms with Gasteiger partial charge >= 0.3 is 0 Å². The molecule has 0 aromatic carbocycles. The Morgan fingerprint density at radius 1 is 1.36 bits per heavy atom. The number of anilines is 1. The van der Waals surface area contributed by atoms with Crippen LogP contribution in [0.5, 0.6) is 0 Å². The van der Waals surface area contributed by atoms with E-state index in [9.17, 15) is 9.59 Å². The van der Waals surface area contributed by atoms with Gasteiger partial charge in [-0.05, 0) is 26.7 Å². The normalized spacial score (nSPS) is 25.1. The molecule has 1 saturated heterocycles. The molecule has 2 unspecified atom stereocenters. The summed E-state index contributed by atoms with van der Waals surface area (Å²) >= 11 is 1.37. The SMILES string of the molecule is CC1CN(C(=O)Cc2csc(NC(=O)C3CC3)n2)CC(C)O1. The number of nitrogens with one attached hydrogen (secondary N) is 1. The first kappa shape index (κ1) is 15.4. The summed E-state index contributed by atoms with van der Waals surface area (Å²) in [4.78, 5) is 30.2. The fraction of sp³-hybridized carbons (Fsp3) is 0.667. The van der Waals surface area contributed by atoms with E-state index in [4.69, 9.17) is 4.74 Å². The zero-order valence-corrected chi connectivity index (χ0v) is 13.7. The molecule has 1 saturated carbocycles. The summed E-state index contributed by atoms with van der Waals surface area (Å²) in [6, 6.07) is 0. The Balaban J connectivity index is 1.55. The molecule has 0 spiro atoms. The van der Waals surface area contributed by atoms with E-state index in [1.165, 1.54) is 11.3 Å². The summed E-state index contributed by atoms with van der Waals surface area (Å²) in [5, 5.41) is 5.24. The minimum absolute atomic E-state index is 0.0445. The summed E-state index contributed by atoms with van der Waals surface area (Å²) in [6.45, 7) is 5.20. The summed E-state index contributed by atoms with van der Waals surface area (Å²) in [5.74, 6) is 0.265. The molecule has 1 aliphatic carbocycles. The Labute approximate surface area is 133 Å². The van der Waals surface area contributed by atoms with Gasteiger partial charge in [-0.1, -0.05) is 0 Å². The van der Waals surface area contributed by atoms with Crippen molar-refractivity contribution in [1.29, 1.82) is 0 Å². The third-order valence-corrected chi connectivity index (χ3v) is 4.64. The maximum Gasteiger partial charge on any atom is 0.229 e. The molecule has 2 aliphatic rings. The largest absolute Gasteiger partial charge is 0.372 e. The molecule has 2 fully saturated rings. The van der Waals surface area contributed by atoms with Crippen molar-refractivity contribution in [1.82, 2.24) is 9.88 Å². The molecule has 2 heterocycles. The van der Waals surface area contributed by atoms with E-state index in [0.29, 0.717) is 23.9 Å². The lowest BCUT2D eigenvalue weighted by atomic mass is 10.2. The lowest BCUT2D eigenvalue weighted by Gasteiger charge is -2.35. The van der Waals surface area contributed by atoms with Crippen molar-refractivity contribution < 1.29 is 14.3 Å². The predicted molar refractivity (Wildman–Crippen MR) is 83.8 cm³/mol. The molecule has 1 aromatic rings. The number of carbonyl (C=O) groups excluding carboxylic acids is 2. The van der Waals surface area contributed by atoms with Crippen LogP contribution in [0.1, 0.15) is 32.4 Å². The number of hydrogen-bond acceptors (Lipinski definition) is 5. The van der Waals surface area contributed by atoms with E-state index < -0.39 is 0 Å². The Morgan fingerprint density at radius 3 is 2.68 bits per heavy atom. The standard InChI is InChI=1S/C15H21N3O3S/c1-9-6-18(7-10(2)21-9)13(19)5-12-8-22-15(16-12)17-14(20)11-3-4-11/h8-11H,3-7H2,1-2H3,(H,16,17,20). The second kappa shape index (κ2) is 6.34. The molecule has 22 heavy (non-hydrogen) atoms. The van der Waals surface area contributed by atoms with Crippen molar-refractivity contribution in [2.75, 3.05) is 18.4 Å². The summed E-state index contributed by atoms with van der Waals surface area (Å²) in [6.07, 6.45) is 2.34. The summed E-state index contributed by atoms with van der Waals surface area (Å²) in [5.41, 5.74) is 0.716. The molecule has 0 bridgehead atoms. The number of ether oxygens (including phenoxy) is 1. The van der Waals surface area contributed by atoms with Gasteiger partial charge in [-0.15, -0.1) is 11.3 Å². The fourth-order valence-corrected chi connectivity index (χ4v) is 3.36. The van der Waals surface area contributed by atoms with Crippen LogP contribution in [0.25, 0.3) is 0 Å². The van der Waals surface area contributed by atoms with Crippen LogP contribution in [0, 0.1) is 5.92 Å². The Bertz CT molecular complexity index is 560. The number of nitrogens with zero attached hydrogens (tertiary/aromatic N) is 2. The van der Waals surface area contributed by atoms with Crippen molar-refractivity contribution in [2.45, 2.75) is 45.3 Å². The molecular formula is C15H21N3O3S. The van der Waals surface area contributed by atoms with E-state index in [1.54, 1.807) is 0 Å². The smallest absolute Gasteiger partial charge is 0.229 e. The van der Waals surface area contributed by atoms with Gasteiger partial charge in [0.1, 0.15) is 0 Å². The van der Waals surface area contributed by atoms with Crippen LogP contribution in [-0.4, -0.2) is 47.0 Å². The first-order valence-electron chi connectivity index (χ1n) is 7.69. The highest BCUT2D eigenvalue weighted by atomic mass is 32.1. The van der Waals surface area contributed by atoms with Crippen LogP contribution in [0.3, 0.4) is 0 Å². The lowest BCUT2D eigenvalue weighted by molar-refractivity contribution is -0.142. The molecule has 0 radical (unpaired) electrons. The molecular weight excluding hydrogens is 302 g/mol. The monoisotopic (exact) mass is 323 g/mol. The molecule has 1 aromatic heterocycles. The highest BCUT2D eigenvalue weighted by molar-refractivity contribution is 7.13. The Hall–Kier alpha value is -1.47. The first-order valence-corrected chi connectivity index (χ1v) is 8.57.